The predicted molar refractivity (Wildman–Crippen MR) is 60.2 cm³/mol. The molecule has 0 aliphatic carbocycles. The molecule has 0 aromatic carbocycles. The van der Waals surface area contributed by atoms with Gasteiger partial charge >= 0.3 is 0 Å². The Morgan fingerprint density at radius 1 is 1.41 bits per heavy atom. The lowest BCUT2D eigenvalue weighted by Crippen LogP contribution is -1.98. The fourth-order valence-electron chi connectivity index (χ4n) is 1.63. The second kappa shape index (κ2) is 5.25. The lowest BCUT2D eigenvalue weighted by molar-refractivity contribution is -0.128. The van der Waals surface area contributed by atoms with E-state index in [1.54, 1.807) is 12.4 Å². The van der Waals surface area contributed by atoms with E-state index in [0.29, 0.717) is 19.5 Å². The first-order chi connectivity index (χ1) is 8.33. The summed E-state index contributed by atoms with van der Waals surface area (Å²) in [6.07, 6.45) is 3.99. The monoisotopic (exact) mass is 232 g/mol. The number of aryl methyl sites for hydroxylation is 1. The van der Waals surface area contributed by atoms with Gasteiger partial charge in [-0.2, -0.15) is 0 Å². The van der Waals surface area contributed by atoms with E-state index in [1.165, 1.54) is 0 Å². The number of carbonyl (C=O) groups excluding carboxylic acids is 1. The zero-order valence-electron chi connectivity index (χ0n) is 9.42. The van der Waals surface area contributed by atoms with E-state index >= 15 is 0 Å². The van der Waals surface area contributed by atoms with Crippen molar-refractivity contribution in [3.63, 3.8) is 0 Å². The number of aromatic nitrogens is 2. The van der Waals surface area contributed by atoms with Crippen LogP contribution in [0.1, 0.15) is 11.3 Å². The third-order valence-corrected chi connectivity index (χ3v) is 2.48. The first-order valence-electron chi connectivity index (χ1n) is 5.23. The highest BCUT2D eigenvalue weighted by molar-refractivity contribution is 5.62. The molecule has 17 heavy (non-hydrogen) atoms. The minimum Gasteiger partial charge on any atom is -0.468 e. The largest absolute Gasteiger partial charge is 0.468 e. The number of hydrogen-bond acceptors (Lipinski definition) is 5. The first-order valence-corrected chi connectivity index (χ1v) is 5.23. The van der Waals surface area contributed by atoms with Gasteiger partial charge in [0.2, 0.25) is 0 Å². The molecule has 2 heterocycles. The maximum Gasteiger partial charge on any atom is 0.293 e. The van der Waals surface area contributed by atoms with Crippen LogP contribution in [0.25, 0.3) is 11.3 Å². The second-order valence-electron chi connectivity index (χ2n) is 3.52. The minimum atomic E-state index is 0.323. The van der Waals surface area contributed by atoms with E-state index in [1.807, 2.05) is 19.1 Å². The lowest BCUT2D eigenvalue weighted by atomic mass is 10.1. The quantitative estimate of drug-likeness (QED) is 0.580. The molecule has 0 aliphatic rings. The summed E-state index contributed by atoms with van der Waals surface area (Å²) in [7, 11) is 0. The molecule has 0 N–H and O–H groups in total. The number of rotatable bonds is 5. The second-order valence-corrected chi connectivity index (χ2v) is 3.52. The van der Waals surface area contributed by atoms with Gasteiger partial charge in [-0.1, -0.05) is 5.16 Å². The Kier molecular flexibility index (Phi) is 3.49. The van der Waals surface area contributed by atoms with Gasteiger partial charge in [0.1, 0.15) is 11.5 Å². The molecule has 0 aliphatic heterocycles. The van der Waals surface area contributed by atoms with E-state index in [2.05, 4.69) is 10.1 Å². The highest BCUT2D eigenvalue weighted by Crippen LogP contribution is 2.24. The summed E-state index contributed by atoms with van der Waals surface area (Å²) in [4.78, 5) is 14.1. The van der Waals surface area contributed by atoms with Gasteiger partial charge in [0.15, 0.2) is 0 Å². The highest BCUT2D eigenvalue weighted by atomic mass is 16.5. The molecule has 5 nitrogen and oxygen atoms in total. The fraction of sp³-hybridized carbons (Fsp3) is 0.250. The first kappa shape index (κ1) is 11.3. The Hall–Kier alpha value is -2.17. The predicted octanol–water partition coefficient (Wildman–Crippen LogP) is 1.76. The Morgan fingerprint density at radius 2 is 2.18 bits per heavy atom. The van der Waals surface area contributed by atoms with Crippen LogP contribution in [0.2, 0.25) is 0 Å². The third kappa shape index (κ3) is 2.50. The van der Waals surface area contributed by atoms with Crippen molar-refractivity contribution >= 4 is 6.47 Å². The Bertz CT molecular complexity index is 494. The molecule has 0 saturated heterocycles. The van der Waals surface area contributed by atoms with Crippen LogP contribution in [-0.2, 0) is 16.0 Å². The molecule has 0 radical (unpaired) electrons. The standard InChI is InChI=1S/C12H12N2O3/c1-9-11(4-7-16-8-15)12(14-17-9)10-2-5-13-6-3-10/h2-3,5-6,8H,4,7H2,1H3. The molecule has 0 spiro atoms. The van der Waals surface area contributed by atoms with Crippen LogP contribution in [0.4, 0.5) is 0 Å². The molecule has 88 valence electrons. The maximum atomic E-state index is 10.1. The zero-order valence-corrected chi connectivity index (χ0v) is 9.42. The van der Waals surface area contributed by atoms with Crippen LogP contribution in [0.15, 0.2) is 29.0 Å². The highest BCUT2D eigenvalue weighted by Gasteiger charge is 2.14. The molecular formula is C12H12N2O3. The molecule has 0 fully saturated rings. The van der Waals surface area contributed by atoms with Crippen molar-refractivity contribution in [2.75, 3.05) is 6.61 Å². The number of hydrogen-bond donors (Lipinski definition) is 0. The van der Waals surface area contributed by atoms with Gasteiger partial charge in [-0.05, 0) is 19.1 Å². The number of carbonyl (C=O) groups is 1. The van der Waals surface area contributed by atoms with Crippen molar-refractivity contribution in [1.29, 1.82) is 0 Å². The SMILES string of the molecule is Cc1onc(-c2ccncc2)c1CCOC=O. The Balaban J connectivity index is 2.26. The molecule has 2 rings (SSSR count). The summed E-state index contributed by atoms with van der Waals surface area (Å²) in [5.74, 6) is 0.742. The number of pyridine rings is 1. The van der Waals surface area contributed by atoms with Gasteiger partial charge < -0.3 is 9.26 Å². The zero-order chi connectivity index (χ0) is 12.1. The van der Waals surface area contributed by atoms with Crippen molar-refractivity contribution in [2.24, 2.45) is 0 Å². The van der Waals surface area contributed by atoms with E-state index in [-0.39, 0.29) is 0 Å². The van der Waals surface area contributed by atoms with Crippen molar-refractivity contribution < 1.29 is 14.1 Å². The maximum absolute atomic E-state index is 10.1. The van der Waals surface area contributed by atoms with Gasteiger partial charge in [-0.25, -0.2) is 0 Å². The summed E-state index contributed by atoms with van der Waals surface area (Å²) < 4.78 is 9.86. The third-order valence-electron chi connectivity index (χ3n) is 2.48. The normalized spacial score (nSPS) is 10.2. The van der Waals surface area contributed by atoms with Crippen LogP contribution in [0.5, 0.6) is 0 Å². The summed E-state index contributed by atoms with van der Waals surface area (Å²) in [5, 5.41) is 4.02. The van der Waals surface area contributed by atoms with Crippen LogP contribution < -0.4 is 0 Å². The topological polar surface area (TPSA) is 65.2 Å². The average molecular weight is 232 g/mol. The van der Waals surface area contributed by atoms with Crippen molar-refractivity contribution in [3.8, 4) is 11.3 Å². The summed E-state index contributed by atoms with van der Waals surface area (Å²) in [6.45, 7) is 2.60. The summed E-state index contributed by atoms with van der Waals surface area (Å²) >= 11 is 0. The molecule has 2 aromatic heterocycles. The molecule has 0 saturated carbocycles. The van der Waals surface area contributed by atoms with E-state index < -0.39 is 0 Å². The fourth-order valence-corrected chi connectivity index (χ4v) is 1.63. The van der Waals surface area contributed by atoms with E-state index in [9.17, 15) is 4.79 Å². The van der Waals surface area contributed by atoms with Crippen LogP contribution in [0, 0.1) is 6.92 Å². The van der Waals surface area contributed by atoms with Crippen LogP contribution >= 0.6 is 0 Å². The Labute approximate surface area is 98.4 Å². The van der Waals surface area contributed by atoms with Crippen molar-refractivity contribution in [3.05, 3.63) is 35.9 Å². The van der Waals surface area contributed by atoms with E-state index in [0.717, 1.165) is 22.6 Å². The van der Waals surface area contributed by atoms with Crippen LogP contribution in [-0.4, -0.2) is 23.2 Å². The molecule has 0 atom stereocenters. The summed E-state index contributed by atoms with van der Waals surface area (Å²) in [6, 6.07) is 3.72. The number of nitrogens with zero attached hydrogens (tertiary/aromatic N) is 2. The summed E-state index contributed by atoms with van der Waals surface area (Å²) in [5.41, 5.74) is 2.68. The Morgan fingerprint density at radius 3 is 2.88 bits per heavy atom. The van der Waals surface area contributed by atoms with Gasteiger partial charge in [0.05, 0.1) is 6.61 Å². The molecular weight excluding hydrogens is 220 g/mol. The molecule has 2 aromatic rings. The van der Waals surface area contributed by atoms with Gasteiger partial charge in [-0.3, -0.25) is 9.78 Å². The minimum absolute atomic E-state index is 0.323. The molecule has 0 amide bonds. The molecule has 0 bridgehead atoms. The van der Waals surface area contributed by atoms with Gasteiger partial charge in [0, 0.05) is 29.9 Å². The van der Waals surface area contributed by atoms with Gasteiger partial charge in [0.25, 0.3) is 6.47 Å². The molecule has 5 heteroatoms. The number of ether oxygens (including phenoxy) is 1. The molecule has 0 unspecified atom stereocenters. The van der Waals surface area contributed by atoms with E-state index in [4.69, 9.17) is 9.26 Å². The average Bonchev–Trinajstić information content (AvgIpc) is 2.73. The van der Waals surface area contributed by atoms with Crippen molar-refractivity contribution in [2.45, 2.75) is 13.3 Å². The lowest BCUT2D eigenvalue weighted by Gasteiger charge is -2.01. The smallest absolute Gasteiger partial charge is 0.293 e. The van der Waals surface area contributed by atoms with Crippen molar-refractivity contribution in [1.82, 2.24) is 10.1 Å². The van der Waals surface area contributed by atoms with Crippen LogP contribution in [0.3, 0.4) is 0 Å². The van der Waals surface area contributed by atoms with Gasteiger partial charge in [-0.15, -0.1) is 0 Å².